The van der Waals surface area contributed by atoms with Crippen molar-refractivity contribution in [1.29, 1.82) is 0 Å². The van der Waals surface area contributed by atoms with Crippen molar-refractivity contribution in [2.75, 3.05) is 11.5 Å². The monoisotopic (exact) mass is 787 g/mol. The summed E-state index contributed by atoms with van der Waals surface area (Å²) < 4.78 is 25.8. The van der Waals surface area contributed by atoms with Gasteiger partial charge in [0.1, 0.15) is 19.0 Å². The quantitative estimate of drug-likeness (QED) is 0.0792. The second-order valence-corrected chi connectivity index (χ2v) is 13.2. The van der Waals surface area contributed by atoms with E-state index in [1.54, 1.807) is 152 Å². The predicted octanol–water partition coefficient (Wildman–Crippen LogP) is 6.52. The minimum Gasteiger partial charge on any atom is -0.459 e. The van der Waals surface area contributed by atoms with Crippen molar-refractivity contribution in [1.82, 2.24) is 19.5 Å². The highest BCUT2D eigenvalue weighted by molar-refractivity contribution is 6.27. The van der Waals surface area contributed by atoms with E-state index in [4.69, 9.17) is 18.9 Å². The van der Waals surface area contributed by atoms with Crippen molar-refractivity contribution in [3.05, 3.63) is 192 Å². The molecule has 0 spiro atoms. The van der Waals surface area contributed by atoms with E-state index in [2.05, 4.69) is 15.0 Å². The van der Waals surface area contributed by atoms with Gasteiger partial charge in [0.15, 0.2) is 35.4 Å². The van der Waals surface area contributed by atoms with Crippen molar-refractivity contribution in [2.45, 2.75) is 24.5 Å². The number of nitrogens with zero attached hydrogens (tertiary/aromatic N) is 5. The molecule has 0 saturated carbocycles. The number of esters is 3. The van der Waals surface area contributed by atoms with Crippen LogP contribution in [0.25, 0.3) is 11.2 Å². The Kier molecular flexibility index (Phi) is 11.0. The third kappa shape index (κ3) is 8.06. The molecule has 1 saturated heterocycles. The van der Waals surface area contributed by atoms with Gasteiger partial charge in [-0.25, -0.2) is 34.2 Å². The van der Waals surface area contributed by atoms with Crippen molar-refractivity contribution in [3.63, 3.8) is 0 Å². The second-order valence-electron chi connectivity index (χ2n) is 13.2. The first kappa shape index (κ1) is 38.1. The largest absolute Gasteiger partial charge is 0.459 e. The summed E-state index contributed by atoms with van der Waals surface area (Å²) in [5, 5.41) is 0. The van der Waals surface area contributed by atoms with Gasteiger partial charge in [-0.2, -0.15) is 0 Å². The average molecular weight is 788 g/mol. The molecular weight excluding hydrogens is 755 g/mol. The molecule has 0 bridgehead atoms. The fourth-order valence-electron chi connectivity index (χ4n) is 6.57. The van der Waals surface area contributed by atoms with Gasteiger partial charge in [-0.3, -0.25) is 14.2 Å². The smallest absolute Gasteiger partial charge is 0.338 e. The second kappa shape index (κ2) is 17.1. The van der Waals surface area contributed by atoms with Crippen molar-refractivity contribution in [2.24, 2.45) is 0 Å². The van der Waals surface area contributed by atoms with Gasteiger partial charge in [0.25, 0.3) is 11.8 Å². The minimum atomic E-state index is -1.39. The van der Waals surface area contributed by atoms with Crippen LogP contribution in [0.1, 0.15) is 58.0 Å². The number of anilines is 1. The SMILES string of the molecule is O=C(OC[C@H]1O[C@@H](n2cnc3c(N(C(=O)c4ccccc4)C(=O)c4ccccc4)ncnc32)C(OC(=O)c2ccccc2)[C@H]1OC(=O)c1ccccc1)c1ccccc1. The molecule has 2 aromatic heterocycles. The van der Waals surface area contributed by atoms with Gasteiger partial charge in [0.05, 0.1) is 23.0 Å². The summed E-state index contributed by atoms with van der Waals surface area (Å²) in [6.45, 7) is -0.422. The van der Waals surface area contributed by atoms with Crippen LogP contribution in [0.4, 0.5) is 5.82 Å². The van der Waals surface area contributed by atoms with E-state index in [0.717, 1.165) is 11.2 Å². The zero-order chi connectivity index (χ0) is 40.7. The molecule has 1 aliphatic rings. The lowest BCUT2D eigenvalue weighted by molar-refractivity contribution is -0.0606. The first-order valence-corrected chi connectivity index (χ1v) is 18.4. The number of hydrogen-bond donors (Lipinski definition) is 0. The Hall–Kier alpha value is -7.84. The van der Waals surface area contributed by atoms with Gasteiger partial charge in [0, 0.05) is 11.1 Å². The normalized spacial score (nSPS) is 17.2. The van der Waals surface area contributed by atoms with Crippen molar-refractivity contribution < 1.29 is 42.9 Å². The van der Waals surface area contributed by atoms with Gasteiger partial charge >= 0.3 is 17.9 Å². The summed E-state index contributed by atoms with van der Waals surface area (Å²) in [6.07, 6.45) is -2.76. The van der Waals surface area contributed by atoms with Crippen LogP contribution in [-0.4, -0.2) is 74.2 Å². The number of imidazole rings is 1. The van der Waals surface area contributed by atoms with E-state index in [1.807, 2.05) is 0 Å². The Balaban J connectivity index is 1.21. The highest BCUT2D eigenvalue weighted by Crippen LogP contribution is 2.38. The van der Waals surface area contributed by atoms with Crippen LogP contribution in [0.2, 0.25) is 0 Å². The van der Waals surface area contributed by atoms with Crippen LogP contribution in [0.3, 0.4) is 0 Å². The van der Waals surface area contributed by atoms with Crippen LogP contribution in [0, 0.1) is 0 Å². The van der Waals surface area contributed by atoms with Crippen LogP contribution in [0.5, 0.6) is 0 Å². The lowest BCUT2D eigenvalue weighted by atomic mass is 10.1. The number of ether oxygens (including phenoxy) is 4. The highest BCUT2D eigenvalue weighted by Gasteiger charge is 2.52. The number of benzene rings is 5. The number of carbonyl (C=O) groups is 5. The van der Waals surface area contributed by atoms with E-state index >= 15 is 0 Å². The van der Waals surface area contributed by atoms with Gasteiger partial charge in [0.2, 0.25) is 0 Å². The van der Waals surface area contributed by atoms with Gasteiger partial charge in [-0.1, -0.05) is 91.0 Å². The molecule has 0 radical (unpaired) electrons. The number of aromatic nitrogens is 4. The molecular formula is C45H33N5O9. The van der Waals surface area contributed by atoms with E-state index in [9.17, 15) is 24.0 Å². The lowest BCUT2D eigenvalue weighted by Gasteiger charge is -2.25. The molecule has 59 heavy (non-hydrogen) atoms. The van der Waals surface area contributed by atoms with Gasteiger partial charge in [-0.15, -0.1) is 0 Å². The Bertz CT molecular complexity index is 2560. The highest BCUT2D eigenvalue weighted by atomic mass is 16.7. The molecule has 1 unspecified atom stereocenters. The van der Waals surface area contributed by atoms with Gasteiger partial charge < -0.3 is 18.9 Å². The maximum absolute atomic E-state index is 14.1. The fourth-order valence-corrected chi connectivity index (χ4v) is 6.57. The standard InChI is InChI=1S/C45H33N5O9/c51-40(29-16-6-1-7-17-29)50(41(52)30-18-8-2-9-19-30)39-35-38(46-27-47-39)49(28-48-35)42-37(59-45(55)33-24-14-5-15-25-33)36(58-44(54)32-22-12-4-13-23-32)34(57-42)26-56-43(53)31-20-10-3-11-21-31/h1-25,27-28,34,36-37,42H,26H2/t34-,36+,37?,42-/m1/s1. The molecule has 3 heterocycles. The summed E-state index contributed by atoms with van der Waals surface area (Å²) in [5.41, 5.74) is 1.21. The number of imide groups is 1. The summed E-state index contributed by atoms with van der Waals surface area (Å²) >= 11 is 0. The zero-order valence-corrected chi connectivity index (χ0v) is 31.0. The van der Waals surface area contributed by atoms with Crippen LogP contribution >= 0.6 is 0 Å². The third-order valence-electron chi connectivity index (χ3n) is 9.45. The Morgan fingerprint density at radius 2 is 0.983 bits per heavy atom. The van der Waals surface area contributed by atoms with Crippen LogP contribution < -0.4 is 4.90 Å². The number of rotatable bonds is 11. The molecule has 1 aliphatic heterocycles. The number of hydrogen-bond acceptors (Lipinski definition) is 12. The summed E-state index contributed by atoms with van der Waals surface area (Å²) in [7, 11) is 0. The molecule has 0 N–H and O–H groups in total. The van der Waals surface area contributed by atoms with E-state index in [-0.39, 0.29) is 44.8 Å². The average Bonchev–Trinajstić information content (AvgIpc) is 3.88. The minimum absolute atomic E-state index is 0.0228. The van der Waals surface area contributed by atoms with Crippen molar-refractivity contribution in [3.8, 4) is 0 Å². The topological polar surface area (TPSA) is 169 Å². The Morgan fingerprint density at radius 3 is 1.47 bits per heavy atom. The number of amides is 2. The summed E-state index contributed by atoms with van der Waals surface area (Å²) in [4.78, 5) is 83.2. The van der Waals surface area contributed by atoms with E-state index in [0.29, 0.717) is 0 Å². The zero-order valence-electron chi connectivity index (χ0n) is 31.0. The Morgan fingerprint density at radius 1 is 0.542 bits per heavy atom. The maximum atomic E-state index is 14.1. The molecule has 1 fully saturated rings. The maximum Gasteiger partial charge on any atom is 0.338 e. The molecule has 8 rings (SSSR count). The molecule has 292 valence electrons. The first-order chi connectivity index (χ1) is 28.9. The molecule has 7 aromatic rings. The van der Waals surface area contributed by atoms with E-state index in [1.165, 1.54) is 10.9 Å². The van der Waals surface area contributed by atoms with Gasteiger partial charge in [-0.05, 0) is 60.7 Å². The molecule has 14 heteroatoms. The first-order valence-electron chi connectivity index (χ1n) is 18.4. The molecule has 4 atom stereocenters. The molecule has 14 nitrogen and oxygen atoms in total. The predicted molar refractivity (Wildman–Crippen MR) is 211 cm³/mol. The molecule has 5 aromatic carbocycles. The molecule has 2 amide bonds. The fraction of sp³-hybridized carbons (Fsp3) is 0.111. The molecule has 0 aliphatic carbocycles. The van der Waals surface area contributed by atoms with Crippen molar-refractivity contribution >= 4 is 46.7 Å². The lowest BCUT2D eigenvalue weighted by Crippen LogP contribution is -2.41. The van der Waals surface area contributed by atoms with E-state index < -0.39 is 60.9 Å². The number of carbonyl (C=O) groups excluding carboxylic acids is 5. The van der Waals surface area contributed by atoms with Crippen LogP contribution in [0.15, 0.2) is 164 Å². The summed E-state index contributed by atoms with van der Waals surface area (Å²) in [5.74, 6) is -3.66. The third-order valence-corrected chi connectivity index (χ3v) is 9.45. The van der Waals surface area contributed by atoms with Crippen LogP contribution in [-0.2, 0) is 18.9 Å². The number of fused-ring (bicyclic) bond motifs is 1. The summed E-state index contributed by atoms with van der Waals surface area (Å²) in [6, 6.07) is 41.2. The Labute approximate surface area is 336 Å².